The fraction of sp³-hybridized carbons (Fsp3) is 0.0714. The first-order valence-electron chi connectivity index (χ1n) is 6.72. The molecule has 2 rings (SSSR count). The predicted octanol–water partition coefficient (Wildman–Crippen LogP) is 0.889. The lowest BCUT2D eigenvalue weighted by molar-refractivity contribution is 0.0600. The van der Waals surface area contributed by atoms with Crippen LogP contribution in [0.3, 0.4) is 0 Å². The first-order chi connectivity index (χ1) is 11.6. The molecule has 134 valence electrons. The summed E-state index contributed by atoms with van der Waals surface area (Å²) in [5, 5.41) is 4.87. The molecular weight excluding hydrogens is 370 g/mol. The highest BCUT2D eigenvalue weighted by atomic mass is 32.2. The molecule has 0 aliphatic heterocycles. The monoisotopic (exact) mass is 385 g/mol. The van der Waals surface area contributed by atoms with Gasteiger partial charge < -0.3 is 4.74 Å². The minimum absolute atomic E-state index is 0.0787. The Kier molecular flexibility index (Phi) is 5.30. The van der Waals surface area contributed by atoms with E-state index >= 15 is 0 Å². The highest BCUT2D eigenvalue weighted by molar-refractivity contribution is 7.92. The predicted molar refractivity (Wildman–Crippen MR) is 91.8 cm³/mol. The average Bonchev–Trinajstić information content (AvgIpc) is 2.52. The molecule has 0 radical (unpaired) electrons. The summed E-state index contributed by atoms with van der Waals surface area (Å²) in [6, 6.07) is 10.7. The summed E-state index contributed by atoms with van der Waals surface area (Å²) in [5.74, 6) is -0.585. The van der Waals surface area contributed by atoms with Crippen LogP contribution in [-0.2, 0) is 25.0 Å². The minimum atomic E-state index is -3.98. The van der Waals surface area contributed by atoms with E-state index in [1.807, 2.05) is 4.72 Å². The van der Waals surface area contributed by atoms with E-state index in [0.717, 1.165) is 0 Å². The second-order valence-electron chi connectivity index (χ2n) is 4.85. The molecule has 2 aromatic rings. The van der Waals surface area contributed by atoms with Gasteiger partial charge in [-0.25, -0.2) is 18.4 Å². The first-order valence-corrected chi connectivity index (χ1v) is 9.75. The molecular formula is C14H15N3O6S2. The van der Waals surface area contributed by atoms with E-state index < -0.39 is 26.2 Å². The number of hydrogen-bond donors (Lipinski definition) is 3. The molecule has 0 saturated carbocycles. The van der Waals surface area contributed by atoms with Crippen LogP contribution in [0.5, 0.6) is 0 Å². The van der Waals surface area contributed by atoms with Gasteiger partial charge in [-0.1, -0.05) is 6.07 Å². The van der Waals surface area contributed by atoms with Gasteiger partial charge in [-0.05, 0) is 42.5 Å². The number of ether oxygens (including phenoxy) is 1. The Morgan fingerprint density at radius 1 is 0.960 bits per heavy atom. The van der Waals surface area contributed by atoms with E-state index in [4.69, 9.17) is 5.14 Å². The van der Waals surface area contributed by atoms with Crippen molar-refractivity contribution in [2.75, 3.05) is 16.6 Å². The SMILES string of the molecule is COC(=O)c1ccc(S(=O)(=O)Nc2cccc(NS(N)(=O)=O)c2)cc1. The number of anilines is 2. The zero-order chi connectivity index (χ0) is 18.7. The lowest BCUT2D eigenvalue weighted by Gasteiger charge is -2.10. The molecule has 0 fully saturated rings. The van der Waals surface area contributed by atoms with Crippen molar-refractivity contribution in [3.63, 3.8) is 0 Å². The molecule has 0 heterocycles. The largest absolute Gasteiger partial charge is 0.465 e. The zero-order valence-corrected chi connectivity index (χ0v) is 14.6. The standard InChI is InChI=1S/C14H15N3O6S2/c1-23-14(18)10-5-7-13(8-6-10)24(19,20)16-11-3-2-4-12(9-11)17-25(15,21)22/h2-9,16-17H,1H3,(H2,15,21,22). The van der Waals surface area contributed by atoms with Gasteiger partial charge in [0.2, 0.25) is 0 Å². The third-order valence-corrected chi connectivity index (χ3v) is 4.88. The number of nitrogens with one attached hydrogen (secondary N) is 2. The minimum Gasteiger partial charge on any atom is -0.465 e. The molecule has 0 aromatic heterocycles. The molecule has 0 amide bonds. The average molecular weight is 385 g/mol. The summed E-state index contributed by atoms with van der Waals surface area (Å²) in [6.45, 7) is 0. The van der Waals surface area contributed by atoms with Crippen LogP contribution < -0.4 is 14.6 Å². The second-order valence-corrected chi connectivity index (χ2v) is 7.83. The maximum Gasteiger partial charge on any atom is 0.337 e. The van der Waals surface area contributed by atoms with Crippen molar-refractivity contribution >= 4 is 37.6 Å². The van der Waals surface area contributed by atoms with Crippen LogP contribution in [-0.4, -0.2) is 29.9 Å². The molecule has 0 unspecified atom stereocenters. The fourth-order valence-corrected chi connectivity index (χ4v) is 3.42. The summed E-state index contributed by atoms with van der Waals surface area (Å²) >= 11 is 0. The third kappa shape index (κ3) is 5.17. The van der Waals surface area contributed by atoms with Crippen molar-refractivity contribution in [2.45, 2.75) is 4.90 Å². The van der Waals surface area contributed by atoms with Crippen LogP contribution >= 0.6 is 0 Å². The highest BCUT2D eigenvalue weighted by Gasteiger charge is 2.16. The van der Waals surface area contributed by atoms with Gasteiger partial charge in [0.05, 0.1) is 28.9 Å². The summed E-state index contributed by atoms with van der Waals surface area (Å²) in [7, 11) is -6.69. The van der Waals surface area contributed by atoms with E-state index in [0.29, 0.717) is 0 Å². The summed E-state index contributed by atoms with van der Waals surface area (Å²) in [5.41, 5.74) is 0.440. The van der Waals surface area contributed by atoms with Crippen molar-refractivity contribution < 1.29 is 26.4 Å². The van der Waals surface area contributed by atoms with Crippen molar-refractivity contribution in [2.24, 2.45) is 5.14 Å². The number of sulfonamides is 1. The molecule has 0 saturated heterocycles. The number of rotatable bonds is 6. The lowest BCUT2D eigenvalue weighted by atomic mass is 10.2. The Labute approximate surface area is 145 Å². The Morgan fingerprint density at radius 3 is 2.04 bits per heavy atom. The number of hydrogen-bond acceptors (Lipinski definition) is 6. The van der Waals surface area contributed by atoms with Crippen molar-refractivity contribution in [3.8, 4) is 0 Å². The van der Waals surface area contributed by atoms with E-state index in [1.165, 1.54) is 55.6 Å². The van der Waals surface area contributed by atoms with Crippen LogP contribution in [0.4, 0.5) is 11.4 Å². The van der Waals surface area contributed by atoms with Gasteiger partial charge >= 0.3 is 5.97 Å². The van der Waals surface area contributed by atoms with E-state index in [2.05, 4.69) is 9.46 Å². The van der Waals surface area contributed by atoms with Gasteiger partial charge in [0.15, 0.2) is 0 Å². The van der Waals surface area contributed by atoms with Gasteiger partial charge in [-0.2, -0.15) is 8.42 Å². The Morgan fingerprint density at radius 2 is 1.52 bits per heavy atom. The first kappa shape index (κ1) is 18.7. The molecule has 25 heavy (non-hydrogen) atoms. The molecule has 11 heteroatoms. The molecule has 2 aromatic carbocycles. The molecule has 9 nitrogen and oxygen atoms in total. The summed E-state index contributed by atoms with van der Waals surface area (Å²) in [6.07, 6.45) is 0. The van der Waals surface area contributed by atoms with Crippen molar-refractivity contribution in [1.82, 2.24) is 0 Å². The Balaban J connectivity index is 2.24. The number of methoxy groups -OCH3 is 1. The van der Waals surface area contributed by atoms with Gasteiger partial charge in [-0.3, -0.25) is 9.44 Å². The van der Waals surface area contributed by atoms with E-state index in [1.54, 1.807) is 0 Å². The third-order valence-electron chi connectivity index (χ3n) is 2.96. The van der Waals surface area contributed by atoms with Crippen molar-refractivity contribution in [1.29, 1.82) is 0 Å². The molecule has 0 aliphatic rings. The highest BCUT2D eigenvalue weighted by Crippen LogP contribution is 2.20. The van der Waals surface area contributed by atoms with Gasteiger partial charge in [-0.15, -0.1) is 0 Å². The van der Waals surface area contributed by atoms with Crippen LogP contribution in [0.2, 0.25) is 0 Å². The number of esters is 1. The van der Waals surface area contributed by atoms with Gasteiger partial charge in [0.25, 0.3) is 20.2 Å². The number of benzene rings is 2. The van der Waals surface area contributed by atoms with E-state index in [-0.39, 0.29) is 21.8 Å². The lowest BCUT2D eigenvalue weighted by Crippen LogP contribution is -2.21. The number of carbonyl (C=O) groups is 1. The summed E-state index contributed by atoms with van der Waals surface area (Å²) in [4.78, 5) is 11.3. The normalized spacial score (nSPS) is 11.6. The number of nitrogens with two attached hydrogens (primary N) is 1. The smallest absolute Gasteiger partial charge is 0.337 e. The Hall–Kier alpha value is -2.63. The van der Waals surface area contributed by atoms with Gasteiger partial charge in [0, 0.05) is 0 Å². The van der Waals surface area contributed by atoms with Crippen LogP contribution in [0.15, 0.2) is 53.4 Å². The summed E-state index contributed by atoms with van der Waals surface area (Å²) < 4.78 is 55.6. The molecule has 0 bridgehead atoms. The van der Waals surface area contributed by atoms with Crippen LogP contribution in [0, 0.1) is 0 Å². The van der Waals surface area contributed by atoms with Crippen LogP contribution in [0.25, 0.3) is 0 Å². The van der Waals surface area contributed by atoms with Crippen molar-refractivity contribution in [3.05, 3.63) is 54.1 Å². The zero-order valence-electron chi connectivity index (χ0n) is 13.0. The fourth-order valence-electron chi connectivity index (χ4n) is 1.91. The van der Waals surface area contributed by atoms with E-state index in [9.17, 15) is 21.6 Å². The maximum atomic E-state index is 12.4. The molecule has 0 atom stereocenters. The second kappa shape index (κ2) is 7.09. The topological polar surface area (TPSA) is 145 Å². The number of carbonyl (C=O) groups excluding carboxylic acids is 1. The molecule has 0 aliphatic carbocycles. The molecule has 4 N–H and O–H groups in total. The Bertz CT molecular complexity index is 985. The van der Waals surface area contributed by atoms with Gasteiger partial charge in [0.1, 0.15) is 0 Å². The molecule has 0 spiro atoms. The quantitative estimate of drug-likeness (QED) is 0.630. The maximum absolute atomic E-state index is 12.4. The van der Waals surface area contributed by atoms with Crippen LogP contribution in [0.1, 0.15) is 10.4 Å².